The fourth-order valence-corrected chi connectivity index (χ4v) is 2.46. The smallest absolute Gasteiger partial charge is 0.101 e. The third-order valence-corrected chi connectivity index (χ3v) is 3.30. The van der Waals surface area contributed by atoms with Crippen LogP contribution >= 0.6 is 0 Å². The fourth-order valence-electron chi connectivity index (χ4n) is 2.46. The van der Waals surface area contributed by atoms with Gasteiger partial charge in [-0.05, 0) is 31.0 Å². The molecule has 0 saturated carbocycles. The van der Waals surface area contributed by atoms with Crippen LogP contribution in [0.4, 0.5) is 5.69 Å². The maximum atomic E-state index is 10.2. The molecule has 3 nitrogen and oxygen atoms in total. The molecule has 90 valence electrons. The van der Waals surface area contributed by atoms with Gasteiger partial charge in [-0.15, -0.1) is 0 Å². The summed E-state index contributed by atoms with van der Waals surface area (Å²) >= 11 is 0. The summed E-state index contributed by atoms with van der Waals surface area (Å²) in [7, 11) is 0. The van der Waals surface area contributed by atoms with E-state index in [0.29, 0.717) is 18.7 Å². The summed E-state index contributed by atoms with van der Waals surface area (Å²) in [5.41, 5.74) is 2.23. The Morgan fingerprint density at radius 3 is 2.76 bits per heavy atom. The second-order valence-corrected chi connectivity index (χ2v) is 4.96. The van der Waals surface area contributed by atoms with Gasteiger partial charge in [-0.2, -0.15) is 5.26 Å². The molecule has 1 saturated heterocycles. The number of benzene rings is 1. The van der Waals surface area contributed by atoms with E-state index in [1.807, 2.05) is 25.1 Å². The molecule has 0 bridgehead atoms. The van der Waals surface area contributed by atoms with Gasteiger partial charge in [0.25, 0.3) is 0 Å². The molecule has 1 aliphatic heterocycles. The standard InChI is InChI=1S/C14H18N2O/c1-3-6-14(17)9-16(10-14)13-7-11(2)4-5-12(13)8-15/h4-5,7,17H,3,6,9-10H2,1-2H3. The van der Waals surface area contributed by atoms with Crippen molar-refractivity contribution in [1.29, 1.82) is 5.26 Å². The Morgan fingerprint density at radius 2 is 2.18 bits per heavy atom. The molecule has 1 aromatic carbocycles. The predicted octanol–water partition coefficient (Wildman–Crippen LogP) is 2.22. The molecule has 1 aliphatic rings. The molecule has 1 aromatic rings. The second-order valence-electron chi connectivity index (χ2n) is 4.96. The van der Waals surface area contributed by atoms with Crippen LogP contribution in [0.5, 0.6) is 0 Å². The van der Waals surface area contributed by atoms with E-state index in [0.717, 1.165) is 24.1 Å². The van der Waals surface area contributed by atoms with Crippen LogP contribution in [0.15, 0.2) is 18.2 Å². The van der Waals surface area contributed by atoms with Crippen LogP contribution in [0.3, 0.4) is 0 Å². The first-order valence-electron chi connectivity index (χ1n) is 6.06. The third kappa shape index (κ3) is 2.27. The Morgan fingerprint density at radius 1 is 1.47 bits per heavy atom. The largest absolute Gasteiger partial charge is 0.386 e. The number of hydrogen-bond donors (Lipinski definition) is 1. The zero-order chi connectivity index (χ0) is 12.5. The lowest BCUT2D eigenvalue weighted by molar-refractivity contribution is 0.00337. The molecule has 1 N–H and O–H groups in total. The number of aryl methyl sites for hydroxylation is 1. The van der Waals surface area contributed by atoms with E-state index in [9.17, 15) is 5.11 Å². The van der Waals surface area contributed by atoms with Crippen LogP contribution in [0.25, 0.3) is 0 Å². The van der Waals surface area contributed by atoms with Gasteiger partial charge in [-0.1, -0.05) is 19.4 Å². The lowest BCUT2D eigenvalue weighted by Crippen LogP contribution is -2.62. The van der Waals surface area contributed by atoms with Gasteiger partial charge in [0.1, 0.15) is 6.07 Å². The first kappa shape index (κ1) is 11.9. The van der Waals surface area contributed by atoms with Crippen molar-refractivity contribution in [2.45, 2.75) is 32.3 Å². The molecular weight excluding hydrogens is 212 g/mol. The van der Waals surface area contributed by atoms with Crippen LogP contribution in [-0.4, -0.2) is 23.8 Å². The first-order chi connectivity index (χ1) is 8.08. The van der Waals surface area contributed by atoms with Gasteiger partial charge in [-0.3, -0.25) is 0 Å². The van der Waals surface area contributed by atoms with E-state index in [2.05, 4.69) is 17.9 Å². The summed E-state index contributed by atoms with van der Waals surface area (Å²) in [4.78, 5) is 2.08. The molecule has 0 radical (unpaired) electrons. The molecule has 0 amide bonds. The Balaban J connectivity index is 2.16. The molecular formula is C14H18N2O. The van der Waals surface area contributed by atoms with Gasteiger partial charge in [0, 0.05) is 13.1 Å². The molecule has 2 rings (SSSR count). The van der Waals surface area contributed by atoms with Crippen molar-refractivity contribution in [3.63, 3.8) is 0 Å². The summed E-state index contributed by atoms with van der Waals surface area (Å²) in [6.07, 6.45) is 1.82. The van der Waals surface area contributed by atoms with Gasteiger partial charge in [0.2, 0.25) is 0 Å². The number of rotatable bonds is 3. The normalized spacial score (nSPS) is 17.4. The molecule has 0 aliphatic carbocycles. The Bertz CT molecular complexity index is 456. The number of hydrogen-bond acceptors (Lipinski definition) is 3. The molecule has 0 aromatic heterocycles. The van der Waals surface area contributed by atoms with E-state index < -0.39 is 5.60 Å². The van der Waals surface area contributed by atoms with Crippen molar-refractivity contribution in [3.05, 3.63) is 29.3 Å². The van der Waals surface area contributed by atoms with Gasteiger partial charge < -0.3 is 10.0 Å². The maximum Gasteiger partial charge on any atom is 0.101 e. The topological polar surface area (TPSA) is 47.3 Å². The summed E-state index contributed by atoms with van der Waals surface area (Å²) in [5.74, 6) is 0. The van der Waals surface area contributed by atoms with E-state index >= 15 is 0 Å². The monoisotopic (exact) mass is 230 g/mol. The van der Waals surface area contributed by atoms with Gasteiger partial charge in [-0.25, -0.2) is 0 Å². The Kier molecular flexibility index (Phi) is 3.08. The van der Waals surface area contributed by atoms with E-state index in [4.69, 9.17) is 5.26 Å². The number of nitriles is 1. The SMILES string of the molecule is CCCC1(O)CN(c2cc(C)ccc2C#N)C1. The summed E-state index contributed by atoms with van der Waals surface area (Å²) < 4.78 is 0. The molecule has 3 heteroatoms. The zero-order valence-corrected chi connectivity index (χ0v) is 10.4. The minimum atomic E-state index is -0.550. The lowest BCUT2D eigenvalue weighted by Gasteiger charge is -2.48. The van der Waals surface area contributed by atoms with Crippen LogP contribution in [-0.2, 0) is 0 Å². The van der Waals surface area contributed by atoms with E-state index in [1.165, 1.54) is 0 Å². The lowest BCUT2D eigenvalue weighted by atomic mass is 9.88. The van der Waals surface area contributed by atoms with Crippen LogP contribution in [0.1, 0.15) is 30.9 Å². The Labute approximate surface area is 102 Å². The Hall–Kier alpha value is -1.53. The van der Waals surface area contributed by atoms with Crippen LogP contribution in [0, 0.1) is 18.3 Å². The average Bonchev–Trinajstić information content (AvgIpc) is 2.26. The van der Waals surface area contributed by atoms with E-state index in [-0.39, 0.29) is 0 Å². The molecule has 0 unspecified atom stereocenters. The highest BCUT2D eigenvalue weighted by Crippen LogP contribution is 2.33. The van der Waals surface area contributed by atoms with Crippen molar-refractivity contribution >= 4 is 5.69 Å². The van der Waals surface area contributed by atoms with Gasteiger partial charge in [0.05, 0.1) is 16.9 Å². The number of nitrogens with zero attached hydrogens (tertiary/aromatic N) is 2. The van der Waals surface area contributed by atoms with Crippen molar-refractivity contribution in [3.8, 4) is 6.07 Å². The van der Waals surface area contributed by atoms with Gasteiger partial charge >= 0.3 is 0 Å². The maximum absolute atomic E-state index is 10.2. The molecule has 0 atom stereocenters. The molecule has 0 spiro atoms. The highest BCUT2D eigenvalue weighted by atomic mass is 16.3. The van der Waals surface area contributed by atoms with Crippen molar-refractivity contribution in [2.24, 2.45) is 0 Å². The second kappa shape index (κ2) is 4.38. The first-order valence-corrected chi connectivity index (χ1v) is 6.06. The van der Waals surface area contributed by atoms with Crippen molar-refractivity contribution < 1.29 is 5.11 Å². The fraction of sp³-hybridized carbons (Fsp3) is 0.500. The van der Waals surface area contributed by atoms with Crippen LogP contribution in [0.2, 0.25) is 0 Å². The quantitative estimate of drug-likeness (QED) is 0.866. The molecule has 17 heavy (non-hydrogen) atoms. The average molecular weight is 230 g/mol. The number of β-amino-alcohol motifs (C(OH)–C–C–N with tert-alkyl or cyclic N) is 1. The highest BCUT2D eigenvalue weighted by Gasteiger charge is 2.40. The predicted molar refractivity (Wildman–Crippen MR) is 68.0 cm³/mol. The molecule has 1 heterocycles. The summed E-state index contributed by atoms with van der Waals surface area (Å²) in [6.45, 7) is 5.37. The van der Waals surface area contributed by atoms with Crippen molar-refractivity contribution in [2.75, 3.05) is 18.0 Å². The van der Waals surface area contributed by atoms with Gasteiger partial charge in [0.15, 0.2) is 0 Å². The third-order valence-electron chi connectivity index (χ3n) is 3.30. The highest BCUT2D eigenvalue weighted by molar-refractivity contribution is 5.62. The summed E-state index contributed by atoms with van der Waals surface area (Å²) in [5, 5.41) is 19.2. The van der Waals surface area contributed by atoms with Crippen LogP contribution < -0.4 is 4.90 Å². The molecule has 1 fully saturated rings. The van der Waals surface area contributed by atoms with E-state index in [1.54, 1.807) is 0 Å². The summed E-state index contributed by atoms with van der Waals surface area (Å²) in [6, 6.07) is 8.02. The minimum Gasteiger partial charge on any atom is -0.386 e. The number of anilines is 1. The number of aliphatic hydroxyl groups is 1. The minimum absolute atomic E-state index is 0.550. The van der Waals surface area contributed by atoms with Crippen molar-refractivity contribution in [1.82, 2.24) is 0 Å². The zero-order valence-electron chi connectivity index (χ0n) is 10.4.